The number of carboxylic acid groups (broad SMARTS) is 2. The third kappa shape index (κ3) is 1.40. The monoisotopic (exact) mass is 183 g/mol. The molecule has 0 aliphatic rings. The van der Waals surface area contributed by atoms with Gasteiger partial charge in [-0.1, -0.05) is 0 Å². The van der Waals surface area contributed by atoms with Gasteiger partial charge in [0.25, 0.3) is 0 Å². The Balaban J connectivity index is 3.47. The van der Waals surface area contributed by atoms with Gasteiger partial charge in [0.15, 0.2) is 0 Å². The fourth-order valence-corrected chi connectivity index (χ4v) is 1.32. The van der Waals surface area contributed by atoms with E-state index in [9.17, 15) is 9.59 Å². The largest absolute Gasteiger partial charge is 0.478 e. The summed E-state index contributed by atoms with van der Waals surface area (Å²) in [5, 5.41) is 17.5. The smallest absolute Gasteiger partial charge is 0.338 e. The molecule has 13 heavy (non-hydrogen) atoms. The molecule has 5 heteroatoms. The molecule has 0 amide bonds. The van der Waals surface area contributed by atoms with Gasteiger partial charge in [-0.25, -0.2) is 9.59 Å². The lowest BCUT2D eigenvalue weighted by Gasteiger charge is -1.94. The summed E-state index contributed by atoms with van der Waals surface area (Å²) in [6.45, 7) is 3.06. The van der Waals surface area contributed by atoms with Crippen LogP contribution in [0.15, 0.2) is 0 Å². The van der Waals surface area contributed by atoms with Gasteiger partial charge in [-0.15, -0.1) is 0 Å². The van der Waals surface area contributed by atoms with E-state index in [2.05, 4.69) is 4.98 Å². The minimum Gasteiger partial charge on any atom is -0.478 e. The maximum atomic E-state index is 10.7. The highest BCUT2D eigenvalue weighted by atomic mass is 16.4. The number of hydrogen-bond acceptors (Lipinski definition) is 2. The zero-order chi connectivity index (χ0) is 10.2. The Morgan fingerprint density at radius 1 is 1.00 bits per heavy atom. The third-order valence-electron chi connectivity index (χ3n) is 1.80. The molecule has 0 saturated carbocycles. The summed E-state index contributed by atoms with van der Waals surface area (Å²) in [4.78, 5) is 24.0. The average molecular weight is 183 g/mol. The van der Waals surface area contributed by atoms with Crippen LogP contribution in [0, 0.1) is 13.8 Å². The molecule has 0 radical (unpaired) electrons. The highest BCUT2D eigenvalue weighted by Gasteiger charge is 2.23. The molecule has 3 N–H and O–H groups in total. The molecular weight excluding hydrogens is 174 g/mol. The molecular formula is C8H9NO4. The third-order valence-corrected chi connectivity index (χ3v) is 1.80. The van der Waals surface area contributed by atoms with E-state index in [1.807, 2.05) is 0 Å². The molecule has 1 rings (SSSR count). The SMILES string of the molecule is Cc1[nH]c(C)c(C(=O)O)c1C(=O)O. The maximum Gasteiger partial charge on any atom is 0.338 e. The lowest BCUT2D eigenvalue weighted by molar-refractivity contribution is 0.0651. The summed E-state index contributed by atoms with van der Waals surface area (Å²) >= 11 is 0. The molecule has 1 aromatic rings. The molecule has 5 nitrogen and oxygen atoms in total. The molecule has 0 unspecified atom stereocenters. The summed E-state index contributed by atoms with van der Waals surface area (Å²) < 4.78 is 0. The Labute approximate surface area is 74.0 Å². The summed E-state index contributed by atoms with van der Waals surface area (Å²) in [5.41, 5.74) is 0.403. The number of aromatic carboxylic acids is 2. The number of carboxylic acids is 2. The van der Waals surface area contributed by atoms with Gasteiger partial charge < -0.3 is 15.2 Å². The van der Waals surface area contributed by atoms with Gasteiger partial charge in [-0.2, -0.15) is 0 Å². The van der Waals surface area contributed by atoms with E-state index in [1.54, 1.807) is 0 Å². The number of aromatic nitrogens is 1. The number of aromatic amines is 1. The zero-order valence-corrected chi connectivity index (χ0v) is 7.21. The standard InChI is InChI=1S/C8H9NO4/c1-3-5(7(10)11)6(8(12)13)4(2)9-3/h9H,1-2H3,(H,10,11)(H,12,13). The van der Waals surface area contributed by atoms with Crippen molar-refractivity contribution < 1.29 is 19.8 Å². The van der Waals surface area contributed by atoms with Gasteiger partial charge >= 0.3 is 11.9 Å². The minimum atomic E-state index is -1.22. The van der Waals surface area contributed by atoms with Crippen molar-refractivity contribution in [2.24, 2.45) is 0 Å². The molecule has 0 spiro atoms. The predicted molar refractivity (Wildman–Crippen MR) is 44.2 cm³/mol. The van der Waals surface area contributed by atoms with Crippen LogP contribution in [0.1, 0.15) is 32.1 Å². The first-order chi connectivity index (χ1) is 5.95. The number of H-pyrrole nitrogens is 1. The van der Waals surface area contributed by atoms with E-state index in [-0.39, 0.29) is 11.1 Å². The van der Waals surface area contributed by atoms with Crippen LogP contribution in [0.3, 0.4) is 0 Å². The fourth-order valence-electron chi connectivity index (χ4n) is 1.32. The van der Waals surface area contributed by atoms with Gasteiger partial charge in [-0.05, 0) is 13.8 Å². The van der Waals surface area contributed by atoms with Crippen LogP contribution in [-0.2, 0) is 0 Å². The van der Waals surface area contributed by atoms with Crippen LogP contribution in [0.25, 0.3) is 0 Å². The van der Waals surface area contributed by atoms with E-state index in [0.717, 1.165) is 0 Å². The Kier molecular flexibility index (Phi) is 2.10. The number of hydrogen-bond donors (Lipinski definition) is 3. The molecule has 0 aliphatic carbocycles. The normalized spacial score (nSPS) is 10.0. The average Bonchev–Trinajstić information content (AvgIpc) is 2.24. The van der Waals surface area contributed by atoms with Crippen LogP contribution < -0.4 is 0 Å². The zero-order valence-electron chi connectivity index (χ0n) is 7.21. The number of nitrogens with one attached hydrogen (secondary N) is 1. The van der Waals surface area contributed by atoms with E-state index < -0.39 is 11.9 Å². The van der Waals surface area contributed by atoms with Crippen LogP contribution in [0.2, 0.25) is 0 Å². The van der Waals surface area contributed by atoms with E-state index in [0.29, 0.717) is 11.4 Å². The number of carbonyl (C=O) groups is 2. The van der Waals surface area contributed by atoms with Crippen LogP contribution >= 0.6 is 0 Å². The summed E-state index contributed by atoms with van der Waals surface area (Å²) in [6, 6.07) is 0. The first-order valence-electron chi connectivity index (χ1n) is 3.61. The number of rotatable bonds is 2. The van der Waals surface area contributed by atoms with Crippen molar-refractivity contribution >= 4 is 11.9 Å². The molecule has 0 atom stereocenters. The van der Waals surface area contributed by atoms with Crippen LogP contribution in [0.4, 0.5) is 0 Å². The molecule has 1 heterocycles. The van der Waals surface area contributed by atoms with E-state index in [1.165, 1.54) is 13.8 Å². The second-order valence-electron chi connectivity index (χ2n) is 2.74. The van der Waals surface area contributed by atoms with E-state index in [4.69, 9.17) is 10.2 Å². The molecule has 1 aromatic heterocycles. The van der Waals surface area contributed by atoms with Crippen molar-refractivity contribution in [2.45, 2.75) is 13.8 Å². The van der Waals surface area contributed by atoms with Crippen LogP contribution in [0.5, 0.6) is 0 Å². The van der Waals surface area contributed by atoms with Crippen molar-refractivity contribution in [1.29, 1.82) is 0 Å². The molecule has 0 aliphatic heterocycles. The van der Waals surface area contributed by atoms with Gasteiger partial charge in [0.2, 0.25) is 0 Å². The van der Waals surface area contributed by atoms with Crippen molar-refractivity contribution in [3.8, 4) is 0 Å². The van der Waals surface area contributed by atoms with Gasteiger partial charge in [0, 0.05) is 11.4 Å². The second-order valence-corrected chi connectivity index (χ2v) is 2.74. The quantitative estimate of drug-likeness (QED) is 0.638. The van der Waals surface area contributed by atoms with Crippen molar-refractivity contribution in [3.63, 3.8) is 0 Å². The Morgan fingerprint density at radius 3 is 1.54 bits per heavy atom. The maximum absolute atomic E-state index is 10.7. The van der Waals surface area contributed by atoms with Gasteiger partial charge in [0.1, 0.15) is 0 Å². The summed E-state index contributed by atoms with van der Waals surface area (Å²) in [6.07, 6.45) is 0. The lowest BCUT2D eigenvalue weighted by atomic mass is 10.1. The van der Waals surface area contributed by atoms with E-state index >= 15 is 0 Å². The van der Waals surface area contributed by atoms with Crippen molar-refractivity contribution in [1.82, 2.24) is 4.98 Å². The highest BCUT2D eigenvalue weighted by molar-refractivity contribution is 6.03. The lowest BCUT2D eigenvalue weighted by Crippen LogP contribution is -2.07. The molecule has 0 bridgehead atoms. The second kappa shape index (κ2) is 2.93. The fraction of sp³-hybridized carbons (Fsp3) is 0.250. The van der Waals surface area contributed by atoms with Crippen molar-refractivity contribution in [2.75, 3.05) is 0 Å². The molecule has 70 valence electrons. The summed E-state index contributed by atoms with van der Waals surface area (Å²) in [5.74, 6) is -2.45. The molecule has 0 aromatic carbocycles. The highest BCUT2D eigenvalue weighted by Crippen LogP contribution is 2.17. The van der Waals surface area contributed by atoms with Crippen molar-refractivity contribution in [3.05, 3.63) is 22.5 Å². The predicted octanol–water partition coefficient (Wildman–Crippen LogP) is 1.03. The molecule has 0 saturated heterocycles. The van der Waals surface area contributed by atoms with Crippen LogP contribution in [-0.4, -0.2) is 27.1 Å². The first kappa shape index (κ1) is 9.31. The summed E-state index contributed by atoms with van der Waals surface area (Å²) in [7, 11) is 0. The number of aryl methyl sites for hydroxylation is 2. The van der Waals surface area contributed by atoms with Gasteiger partial charge in [-0.3, -0.25) is 0 Å². The van der Waals surface area contributed by atoms with Gasteiger partial charge in [0.05, 0.1) is 11.1 Å². The Bertz CT molecular complexity index is 343. The Hall–Kier alpha value is -1.78. The molecule has 0 fully saturated rings. The topological polar surface area (TPSA) is 90.4 Å². The Morgan fingerprint density at radius 2 is 1.31 bits per heavy atom. The first-order valence-corrected chi connectivity index (χ1v) is 3.61. The minimum absolute atomic E-state index is 0.162.